The maximum Gasteiger partial charge on any atom is 0.416 e. The summed E-state index contributed by atoms with van der Waals surface area (Å²) >= 11 is 5.39. The minimum absolute atomic E-state index is 0.0895. The van der Waals surface area contributed by atoms with Crippen LogP contribution < -0.4 is 5.32 Å². The maximum absolute atomic E-state index is 13.0. The first kappa shape index (κ1) is 17.8. The lowest BCUT2D eigenvalue weighted by Gasteiger charge is -2.10. The van der Waals surface area contributed by atoms with Gasteiger partial charge in [-0.05, 0) is 17.7 Å². The van der Waals surface area contributed by atoms with Gasteiger partial charge in [0.15, 0.2) is 12.0 Å². The minimum Gasteiger partial charge on any atom is -0.463 e. The van der Waals surface area contributed by atoms with E-state index in [0.717, 1.165) is 11.6 Å². The van der Waals surface area contributed by atoms with Crippen molar-refractivity contribution in [2.75, 3.05) is 7.05 Å². The molecule has 0 bridgehead atoms. The molecular formula is C14H10ClF3N2O4. The van der Waals surface area contributed by atoms with E-state index in [4.69, 9.17) is 16.3 Å². The number of alkyl halides is 3. The molecule has 0 radical (unpaired) electrons. The Balaban J connectivity index is 2.64. The molecule has 0 saturated heterocycles. The number of ketones is 1. The second-order valence-corrected chi connectivity index (χ2v) is 4.95. The summed E-state index contributed by atoms with van der Waals surface area (Å²) in [7, 11) is 1.40. The van der Waals surface area contributed by atoms with E-state index in [1.807, 2.05) is 0 Å². The monoisotopic (exact) mass is 362 g/mol. The number of carbonyl (C=O) groups is 1. The second-order valence-electron chi connectivity index (χ2n) is 4.70. The van der Waals surface area contributed by atoms with Gasteiger partial charge in [-0.2, -0.15) is 13.2 Å². The molecule has 0 amide bonds. The second kappa shape index (κ2) is 6.52. The Kier molecular flexibility index (Phi) is 4.83. The van der Waals surface area contributed by atoms with Crippen molar-refractivity contribution < 1.29 is 27.6 Å². The molecule has 1 aliphatic heterocycles. The van der Waals surface area contributed by atoms with Gasteiger partial charge in [0.05, 0.1) is 16.1 Å². The van der Waals surface area contributed by atoms with Crippen LogP contribution in [0, 0.1) is 10.1 Å². The molecule has 24 heavy (non-hydrogen) atoms. The summed E-state index contributed by atoms with van der Waals surface area (Å²) < 4.78 is 44.2. The Labute approximate surface area is 138 Å². The molecule has 1 N–H and O–H groups in total. The SMILES string of the molecule is CNC1=C(c2cc([N+](=O)[O-])cc(C(F)(F)F)c2)C(=O)C(C=CCl)O1. The quantitative estimate of drug-likeness (QED) is 0.657. The summed E-state index contributed by atoms with van der Waals surface area (Å²) in [6, 6.07) is 1.95. The Morgan fingerprint density at radius 2 is 2.04 bits per heavy atom. The van der Waals surface area contributed by atoms with Crippen molar-refractivity contribution >= 4 is 28.6 Å². The number of Topliss-reactive ketones (excluding diaryl/α,β-unsaturated/α-hetero) is 1. The van der Waals surface area contributed by atoms with Gasteiger partial charge in [-0.15, -0.1) is 0 Å². The molecule has 1 atom stereocenters. The van der Waals surface area contributed by atoms with Crippen LogP contribution >= 0.6 is 11.6 Å². The normalized spacial score (nSPS) is 18.2. The first-order chi connectivity index (χ1) is 11.2. The van der Waals surface area contributed by atoms with Crippen molar-refractivity contribution in [3.05, 3.63) is 56.9 Å². The standard InChI is InChI=1S/C14H10ClF3N2O4/c1-19-13-11(12(21)10(24-13)2-3-15)7-4-8(14(16,17)18)6-9(5-7)20(22)23/h2-6,10,19H,1H3. The van der Waals surface area contributed by atoms with Gasteiger partial charge in [0.1, 0.15) is 0 Å². The number of nitrogens with zero attached hydrogens (tertiary/aromatic N) is 1. The number of nitro benzene ring substituents is 1. The Hall–Kier alpha value is -2.55. The van der Waals surface area contributed by atoms with Gasteiger partial charge >= 0.3 is 6.18 Å². The van der Waals surface area contributed by atoms with Crippen LogP contribution in [0.15, 0.2) is 35.7 Å². The van der Waals surface area contributed by atoms with Crippen molar-refractivity contribution in [1.82, 2.24) is 5.32 Å². The molecule has 10 heteroatoms. The van der Waals surface area contributed by atoms with Gasteiger partial charge in [-0.1, -0.05) is 11.6 Å². The number of ether oxygens (including phenoxy) is 1. The number of nitrogens with one attached hydrogen (secondary N) is 1. The number of halogens is 4. The van der Waals surface area contributed by atoms with E-state index in [2.05, 4.69) is 5.32 Å². The van der Waals surface area contributed by atoms with Crippen LogP contribution in [0.4, 0.5) is 18.9 Å². The number of hydrogen-bond acceptors (Lipinski definition) is 5. The number of hydrogen-bond donors (Lipinski definition) is 1. The molecule has 6 nitrogen and oxygen atoms in total. The third-order valence-corrected chi connectivity index (χ3v) is 3.34. The van der Waals surface area contributed by atoms with E-state index < -0.39 is 34.2 Å². The topological polar surface area (TPSA) is 81.5 Å². The van der Waals surface area contributed by atoms with E-state index >= 15 is 0 Å². The average molecular weight is 363 g/mol. The lowest BCUT2D eigenvalue weighted by Crippen LogP contribution is -2.15. The molecular weight excluding hydrogens is 353 g/mol. The minimum atomic E-state index is -4.81. The molecule has 0 spiro atoms. The lowest BCUT2D eigenvalue weighted by molar-refractivity contribution is -0.385. The lowest BCUT2D eigenvalue weighted by atomic mass is 9.97. The largest absolute Gasteiger partial charge is 0.463 e. The molecule has 1 aromatic carbocycles. The molecule has 0 saturated carbocycles. The fourth-order valence-electron chi connectivity index (χ4n) is 2.17. The van der Waals surface area contributed by atoms with Crippen molar-refractivity contribution in [3.8, 4) is 0 Å². The molecule has 0 aromatic heterocycles. The zero-order chi connectivity index (χ0) is 18.1. The highest BCUT2D eigenvalue weighted by atomic mass is 35.5. The Morgan fingerprint density at radius 3 is 2.54 bits per heavy atom. The van der Waals surface area contributed by atoms with E-state index in [9.17, 15) is 28.1 Å². The summed E-state index contributed by atoms with van der Waals surface area (Å²) in [6.07, 6.45) is -4.72. The smallest absolute Gasteiger partial charge is 0.416 e. The van der Waals surface area contributed by atoms with Crippen LogP contribution in [0.2, 0.25) is 0 Å². The van der Waals surface area contributed by atoms with Gasteiger partial charge < -0.3 is 10.1 Å². The van der Waals surface area contributed by atoms with Gasteiger partial charge in [0, 0.05) is 24.7 Å². The zero-order valence-electron chi connectivity index (χ0n) is 12.1. The average Bonchev–Trinajstić information content (AvgIpc) is 2.82. The van der Waals surface area contributed by atoms with Crippen LogP contribution in [0.3, 0.4) is 0 Å². The summed E-state index contributed by atoms with van der Waals surface area (Å²) in [5.41, 5.74) is -1.47. The van der Waals surface area contributed by atoms with Gasteiger partial charge in [-0.3, -0.25) is 14.9 Å². The highest BCUT2D eigenvalue weighted by Gasteiger charge is 2.38. The van der Waals surface area contributed by atoms with Crippen LogP contribution in [0.1, 0.15) is 11.1 Å². The van der Waals surface area contributed by atoms with E-state index in [1.54, 1.807) is 0 Å². The zero-order valence-corrected chi connectivity index (χ0v) is 12.8. The van der Waals surface area contributed by atoms with Crippen molar-refractivity contribution in [3.63, 3.8) is 0 Å². The van der Waals surface area contributed by atoms with Crippen molar-refractivity contribution in [1.29, 1.82) is 0 Å². The first-order valence-corrected chi connectivity index (χ1v) is 6.89. The predicted molar refractivity (Wildman–Crippen MR) is 79.0 cm³/mol. The molecule has 1 aromatic rings. The van der Waals surface area contributed by atoms with Gasteiger partial charge in [0.2, 0.25) is 5.78 Å². The number of carbonyl (C=O) groups excluding carboxylic acids is 1. The van der Waals surface area contributed by atoms with Crippen molar-refractivity contribution in [2.45, 2.75) is 12.3 Å². The molecule has 0 aliphatic carbocycles. The highest BCUT2D eigenvalue weighted by Crippen LogP contribution is 2.37. The third-order valence-electron chi connectivity index (χ3n) is 3.20. The predicted octanol–water partition coefficient (Wildman–Crippen LogP) is 3.22. The van der Waals surface area contributed by atoms with Gasteiger partial charge in [-0.25, -0.2) is 0 Å². The first-order valence-electron chi connectivity index (χ1n) is 6.46. The summed E-state index contributed by atoms with van der Waals surface area (Å²) in [6.45, 7) is 0. The molecule has 0 fully saturated rings. The fourth-order valence-corrected chi connectivity index (χ4v) is 2.30. The van der Waals surface area contributed by atoms with E-state index in [0.29, 0.717) is 12.1 Å². The maximum atomic E-state index is 13.0. The highest BCUT2D eigenvalue weighted by molar-refractivity contribution is 6.28. The summed E-state index contributed by atoms with van der Waals surface area (Å²) in [5, 5.41) is 13.5. The fraction of sp³-hybridized carbons (Fsp3) is 0.214. The van der Waals surface area contributed by atoms with E-state index in [1.165, 1.54) is 13.1 Å². The third kappa shape index (κ3) is 3.35. The number of nitro groups is 1. The Bertz CT molecular complexity index is 759. The van der Waals surface area contributed by atoms with Crippen LogP contribution in [-0.2, 0) is 15.7 Å². The molecule has 1 aliphatic rings. The molecule has 1 unspecified atom stereocenters. The van der Waals surface area contributed by atoms with Crippen LogP contribution in [0.5, 0.6) is 0 Å². The van der Waals surface area contributed by atoms with E-state index in [-0.39, 0.29) is 17.0 Å². The molecule has 128 valence electrons. The Morgan fingerprint density at radius 1 is 1.38 bits per heavy atom. The van der Waals surface area contributed by atoms with Crippen LogP contribution in [-0.4, -0.2) is 23.9 Å². The van der Waals surface area contributed by atoms with Gasteiger partial charge in [0.25, 0.3) is 5.69 Å². The molecule has 1 heterocycles. The summed E-state index contributed by atoms with van der Waals surface area (Å²) in [4.78, 5) is 22.3. The van der Waals surface area contributed by atoms with Crippen molar-refractivity contribution in [2.24, 2.45) is 0 Å². The summed E-state index contributed by atoms with van der Waals surface area (Å²) in [5.74, 6) is -0.752. The number of benzene rings is 1. The number of rotatable bonds is 4. The molecule has 2 rings (SSSR count). The number of non-ortho nitro benzene ring substituents is 1. The van der Waals surface area contributed by atoms with Crippen LogP contribution in [0.25, 0.3) is 5.57 Å².